The normalized spacial score (nSPS) is 19.1. The molecule has 3 heterocycles. The third kappa shape index (κ3) is 4.73. The number of fused-ring (bicyclic) bond motifs is 1. The monoisotopic (exact) mass is 533 g/mol. The number of carbonyl (C=O) groups is 1. The number of Topliss-reactive ketones (excluding diaryl/α,β-unsaturated/α-hetero) is 1. The molecule has 3 N–H and O–H groups in total. The van der Waals surface area contributed by atoms with Gasteiger partial charge in [-0.2, -0.15) is 9.61 Å². The fraction of sp³-hybridized carbons (Fsp3) is 0.333. The van der Waals surface area contributed by atoms with Gasteiger partial charge in [-0.3, -0.25) is 9.78 Å². The van der Waals surface area contributed by atoms with Crippen LogP contribution in [0.1, 0.15) is 50.6 Å². The van der Waals surface area contributed by atoms with Crippen LogP contribution in [-0.2, 0) is 4.79 Å². The minimum absolute atomic E-state index is 0.0748. The Balaban J connectivity index is 1.42. The molecular formula is C27H28BrN5O2. The molecule has 180 valence electrons. The number of hydrogen-bond acceptors (Lipinski definition) is 6. The Labute approximate surface area is 212 Å². The van der Waals surface area contributed by atoms with Crippen LogP contribution in [0.25, 0.3) is 28.0 Å². The summed E-state index contributed by atoms with van der Waals surface area (Å²) in [5.41, 5.74) is 11.9. The van der Waals surface area contributed by atoms with E-state index in [1.165, 1.54) is 0 Å². The summed E-state index contributed by atoms with van der Waals surface area (Å²) in [6, 6.07) is 14.1. The van der Waals surface area contributed by atoms with Gasteiger partial charge >= 0.3 is 0 Å². The van der Waals surface area contributed by atoms with Crippen LogP contribution >= 0.6 is 15.9 Å². The molecule has 0 unspecified atom stereocenters. The molecule has 5 rings (SSSR count). The smallest absolute Gasteiger partial charge is 0.165 e. The van der Waals surface area contributed by atoms with Gasteiger partial charge in [-0.15, -0.1) is 0 Å². The molecule has 1 atom stereocenters. The molecule has 3 aromatic heterocycles. The molecule has 1 fully saturated rings. The second-order valence-corrected chi connectivity index (χ2v) is 10.1. The van der Waals surface area contributed by atoms with E-state index in [9.17, 15) is 9.90 Å². The zero-order chi connectivity index (χ0) is 24.5. The van der Waals surface area contributed by atoms with E-state index in [0.29, 0.717) is 23.8 Å². The first kappa shape index (κ1) is 23.6. The van der Waals surface area contributed by atoms with E-state index in [1.807, 2.05) is 48.7 Å². The summed E-state index contributed by atoms with van der Waals surface area (Å²) in [6.45, 7) is 1.54. The molecule has 1 aromatic carbocycles. The van der Waals surface area contributed by atoms with Gasteiger partial charge in [-0.25, -0.2) is 4.98 Å². The summed E-state index contributed by atoms with van der Waals surface area (Å²) in [5, 5.41) is 14.0. The lowest BCUT2D eigenvalue weighted by atomic mass is 9.78. The number of ketones is 1. The Morgan fingerprint density at radius 1 is 1.11 bits per heavy atom. The van der Waals surface area contributed by atoms with Crippen molar-refractivity contribution >= 4 is 33.2 Å². The maximum Gasteiger partial charge on any atom is 0.165 e. The quantitative estimate of drug-likeness (QED) is 0.342. The number of anilines is 1. The lowest BCUT2D eigenvalue weighted by Gasteiger charge is -2.29. The van der Waals surface area contributed by atoms with Crippen LogP contribution in [0.3, 0.4) is 0 Å². The maximum absolute atomic E-state index is 12.0. The van der Waals surface area contributed by atoms with Crippen molar-refractivity contribution in [3.63, 3.8) is 0 Å². The topological polar surface area (TPSA) is 106 Å². The van der Waals surface area contributed by atoms with Gasteiger partial charge in [-0.1, -0.05) is 36.4 Å². The van der Waals surface area contributed by atoms with E-state index >= 15 is 0 Å². The minimum atomic E-state index is -0.887. The molecule has 1 aliphatic carbocycles. The number of nitrogens with zero attached hydrogens (tertiary/aromatic N) is 4. The Morgan fingerprint density at radius 3 is 2.51 bits per heavy atom. The van der Waals surface area contributed by atoms with Gasteiger partial charge in [0.25, 0.3) is 0 Å². The average molecular weight is 534 g/mol. The van der Waals surface area contributed by atoms with Crippen molar-refractivity contribution in [2.45, 2.75) is 51.0 Å². The third-order valence-corrected chi connectivity index (χ3v) is 7.79. The number of benzene rings is 1. The van der Waals surface area contributed by atoms with Crippen LogP contribution in [0, 0.1) is 5.92 Å². The van der Waals surface area contributed by atoms with Gasteiger partial charge in [0.2, 0.25) is 0 Å². The Kier molecular flexibility index (Phi) is 6.67. The molecule has 8 heteroatoms. The summed E-state index contributed by atoms with van der Waals surface area (Å²) < 4.78 is 2.45. The zero-order valence-corrected chi connectivity index (χ0v) is 21.1. The van der Waals surface area contributed by atoms with Gasteiger partial charge in [-0.05, 0) is 60.5 Å². The van der Waals surface area contributed by atoms with Crippen LogP contribution in [-0.4, -0.2) is 36.6 Å². The fourth-order valence-corrected chi connectivity index (χ4v) is 5.50. The summed E-state index contributed by atoms with van der Waals surface area (Å²) in [6.07, 6.45) is 6.90. The number of aliphatic hydroxyl groups excluding tert-OH is 1. The molecule has 35 heavy (non-hydrogen) atoms. The molecule has 0 amide bonds. The minimum Gasteiger partial charge on any atom is -0.386 e. The Hall–Kier alpha value is -3.10. The van der Waals surface area contributed by atoms with Crippen molar-refractivity contribution in [2.75, 3.05) is 5.73 Å². The van der Waals surface area contributed by atoms with Gasteiger partial charge in [0.15, 0.2) is 11.4 Å². The van der Waals surface area contributed by atoms with E-state index in [-0.39, 0.29) is 11.7 Å². The van der Waals surface area contributed by atoms with Crippen LogP contribution < -0.4 is 5.73 Å². The van der Waals surface area contributed by atoms with Crippen molar-refractivity contribution in [1.29, 1.82) is 0 Å². The summed E-state index contributed by atoms with van der Waals surface area (Å²) in [7, 11) is 0. The van der Waals surface area contributed by atoms with Crippen molar-refractivity contribution in [3.8, 4) is 22.4 Å². The number of halogens is 1. The molecule has 4 aromatic rings. The molecule has 0 aliphatic heterocycles. The van der Waals surface area contributed by atoms with Crippen LogP contribution in [0.4, 0.5) is 5.82 Å². The molecule has 0 bridgehead atoms. The number of aliphatic hydroxyl groups is 1. The van der Waals surface area contributed by atoms with E-state index in [1.54, 1.807) is 17.6 Å². The van der Waals surface area contributed by atoms with Gasteiger partial charge in [0.1, 0.15) is 11.9 Å². The second-order valence-electron chi connectivity index (χ2n) is 9.35. The molecule has 0 saturated heterocycles. The van der Waals surface area contributed by atoms with E-state index in [4.69, 9.17) is 10.7 Å². The largest absolute Gasteiger partial charge is 0.386 e. The lowest BCUT2D eigenvalue weighted by molar-refractivity contribution is -0.127. The predicted octanol–water partition coefficient (Wildman–Crippen LogP) is 5.42. The Bertz CT molecular complexity index is 1340. The number of pyridine rings is 1. The summed E-state index contributed by atoms with van der Waals surface area (Å²) >= 11 is 3.66. The van der Waals surface area contributed by atoms with Gasteiger partial charge < -0.3 is 10.8 Å². The van der Waals surface area contributed by atoms with Crippen molar-refractivity contribution in [3.05, 3.63) is 65.0 Å². The number of aromatic nitrogens is 4. The van der Waals surface area contributed by atoms with Crippen molar-refractivity contribution in [1.82, 2.24) is 19.6 Å². The maximum atomic E-state index is 12.0. The van der Waals surface area contributed by atoms with Gasteiger partial charge in [0, 0.05) is 35.2 Å². The first-order chi connectivity index (χ1) is 16.9. The summed E-state index contributed by atoms with van der Waals surface area (Å²) in [4.78, 5) is 21.6. The molecule has 1 saturated carbocycles. The highest BCUT2D eigenvalue weighted by Gasteiger charge is 2.29. The SMILES string of the molecule is C[C@@H](O)C(=O)CC1CCC(c2nc3c(-c4ccc(-c5ccccc5)nc4)cnn3c(N)c2Br)CC1. The number of nitrogen functional groups attached to an aromatic ring is 1. The lowest BCUT2D eigenvalue weighted by Crippen LogP contribution is -2.23. The van der Waals surface area contributed by atoms with Crippen molar-refractivity contribution in [2.24, 2.45) is 5.92 Å². The van der Waals surface area contributed by atoms with Crippen LogP contribution in [0.5, 0.6) is 0 Å². The van der Waals surface area contributed by atoms with Crippen molar-refractivity contribution < 1.29 is 9.90 Å². The van der Waals surface area contributed by atoms with Crippen LogP contribution in [0.15, 0.2) is 59.3 Å². The first-order valence-corrected chi connectivity index (χ1v) is 12.8. The number of hydrogen-bond donors (Lipinski definition) is 2. The van der Waals surface area contributed by atoms with E-state index in [2.05, 4.69) is 26.0 Å². The highest BCUT2D eigenvalue weighted by atomic mass is 79.9. The summed E-state index contributed by atoms with van der Waals surface area (Å²) in [5.74, 6) is 1.01. The highest BCUT2D eigenvalue weighted by molar-refractivity contribution is 9.10. The molecular weight excluding hydrogens is 506 g/mol. The Morgan fingerprint density at radius 2 is 1.86 bits per heavy atom. The standard InChI is InChI=1S/C27H28BrN5O2/c1-16(34)23(35)13-17-7-9-19(10-8-17)25-24(28)26(29)33-27(32-25)21(15-31-33)20-11-12-22(30-14-20)18-5-3-2-4-6-18/h2-6,11-12,14-17,19,34H,7-10,13,29H2,1H3/t16-,17?,19?/m1/s1. The van der Waals surface area contributed by atoms with Gasteiger partial charge in [0.05, 0.1) is 22.1 Å². The number of rotatable bonds is 6. The first-order valence-electron chi connectivity index (χ1n) is 12.0. The molecule has 7 nitrogen and oxygen atoms in total. The number of nitrogens with two attached hydrogens (primary N) is 1. The molecule has 0 spiro atoms. The highest BCUT2D eigenvalue weighted by Crippen LogP contribution is 2.41. The molecule has 0 radical (unpaired) electrons. The second kappa shape index (κ2) is 9.87. The van der Waals surface area contributed by atoms with Crippen LogP contribution in [0.2, 0.25) is 0 Å². The third-order valence-electron chi connectivity index (χ3n) is 6.98. The number of carbonyl (C=O) groups excluding carboxylic acids is 1. The fourth-order valence-electron chi connectivity index (χ4n) is 4.92. The average Bonchev–Trinajstić information content (AvgIpc) is 3.31. The molecule has 1 aliphatic rings. The van der Waals surface area contributed by atoms with E-state index < -0.39 is 6.10 Å². The van der Waals surface area contributed by atoms with E-state index in [0.717, 1.165) is 58.2 Å². The zero-order valence-electron chi connectivity index (χ0n) is 19.6. The predicted molar refractivity (Wildman–Crippen MR) is 140 cm³/mol.